The van der Waals surface area contributed by atoms with Crippen LogP contribution in [0.5, 0.6) is 0 Å². The molecule has 2 nitrogen and oxygen atoms in total. The molecule has 0 unspecified atom stereocenters. The first kappa shape index (κ1) is 41.9. The van der Waals surface area contributed by atoms with Crippen LogP contribution >= 0.6 is 0 Å². The first-order chi connectivity index (χ1) is 20.9. The van der Waals surface area contributed by atoms with Gasteiger partial charge in [0.15, 0.2) is 0 Å². The average Bonchev–Trinajstić information content (AvgIpc) is 3.00. The third-order valence-corrected chi connectivity index (χ3v) is 9.34. The van der Waals surface area contributed by atoms with E-state index < -0.39 is 0 Å². The highest BCUT2D eigenvalue weighted by Gasteiger charge is 1.98. The Bertz CT molecular complexity index is 397. The van der Waals surface area contributed by atoms with Crippen molar-refractivity contribution in [2.24, 2.45) is 0 Å². The van der Waals surface area contributed by atoms with Gasteiger partial charge in [0.2, 0.25) is 0 Å². The van der Waals surface area contributed by atoms with E-state index in [1.54, 1.807) is 7.11 Å². The van der Waals surface area contributed by atoms with Gasteiger partial charge in [0, 0.05) is 13.7 Å². The summed E-state index contributed by atoms with van der Waals surface area (Å²) in [5.41, 5.74) is 0. The summed E-state index contributed by atoms with van der Waals surface area (Å²) in [4.78, 5) is 0. The Morgan fingerprint density at radius 3 is 0.643 bits per heavy atom. The minimum Gasteiger partial charge on any atom is -0.359 e. The molecule has 0 rings (SSSR count). The van der Waals surface area contributed by atoms with Crippen molar-refractivity contribution in [2.75, 3.05) is 20.5 Å². The molecule has 0 bridgehead atoms. The zero-order chi connectivity index (χ0) is 30.3. The van der Waals surface area contributed by atoms with Gasteiger partial charge in [-0.25, -0.2) is 0 Å². The fourth-order valence-electron chi connectivity index (χ4n) is 6.43. The predicted molar refractivity (Wildman–Crippen MR) is 190 cm³/mol. The van der Waals surface area contributed by atoms with Crippen LogP contribution in [0.1, 0.15) is 238 Å². The fourth-order valence-corrected chi connectivity index (χ4v) is 6.43. The lowest BCUT2D eigenvalue weighted by Gasteiger charge is -2.05. The third-order valence-electron chi connectivity index (χ3n) is 9.34. The number of hydrogen-bond donors (Lipinski definition) is 0. The van der Waals surface area contributed by atoms with Gasteiger partial charge in [-0.15, -0.1) is 0 Å². The van der Waals surface area contributed by atoms with Crippen LogP contribution in [-0.2, 0) is 9.47 Å². The van der Waals surface area contributed by atoms with Gasteiger partial charge in [-0.2, -0.15) is 0 Å². The van der Waals surface area contributed by atoms with Crippen molar-refractivity contribution in [2.45, 2.75) is 238 Å². The Balaban J connectivity index is 3.02. The number of unbranched alkanes of at least 4 members (excludes halogenated alkanes) is 35. The molecule has 0 heterocycles. The largest absolute Gasteiger partial charge is 0.359 e. The minimum absolute atomic E-state index is 0.444. The second kappa shape index (κ2) is 40.9. The van der Waals surface area contributed by atoms with Crippen LogP contribution in [0.3, 0.4) is 0 Å². The van der Waals surface area contributed by atoms with Gasteiger partial charge in [0.05, 0.1) is 0 Å². The van der Waals surface area contributed by atoms with Crippen molar-refractivity contribution in [1.29, 1.82) is 0 Å². The minimum atomic E-state index is 0.444. The molecule has 42 heavy (non-hydrogen) atoms. The molecule has 0 atom stereocenters. The van der Waals surface area contributed by atoms with E-state index in [1.807, 2.05) is 0 Å². The second-order valence-corrected chi connectivity index (χ2v) is 13.7. The summed E-state index contributed by atoms with van der Waals surface area (Å²) < 4.78 is 10.2. The van der Waals surface area contributed by atoms with E-state index in [1.165, 1.54) is 231 Å². The maximum Gasteiger partial charge on any atom is 0.146 e. The van der Waals surface area contributed by atoms with Gasteiger partial charge >= 0.3 is 0 Å². The lowest BCUT2D eigenvalue weighted by Crippen LogP contribution is -1.98. The maximum atomic E-state index is 5.33. The monoisotopic (exact) mass is 595 g/mol. The Labute approximate surface area is 267 Å². The average molecular weight is 595 g/mol. The molecule has 0 fully saturated rings. The van der Waals surface area contributed by atoms with Crippen molar-refractivity contribution in [3.63, 3.8) is 0 Å². The van der Waals surface area contributed by atoms with Crippen LogP contribution < -0.4 is 0 Å². The highest BCUT2D eigenvalue weighted by Crippen LogP contribution is 2.17. The molecule has 0 spiro atoms. The van der Waals surface area contributed by atoms with E-state index >= 15 is 0 Å². The number of methoxy groups -OCH3 is 1. The quantitative estimate of drug-likeness (QED) is 0.0520. The van der Waals surface area contributed by atoms with Crippen molar-refractivity contribution in [3.05, 3.63) is 0 Å². The van der Waals surface area contributed by atoms with Crippen LogP contribution in [-0.4, -0.2) is 20.5 Å². The smallest absolute Gasteiger partial charge is 0.146 e. The van der Waals surface area contributed by atoms with E-state index in [4.69, 9.17) is 9.47 Å². The second-order valence-electron chi connectivity index (χ2n) is 13.7. The summed E-state index contributed by atoms with van der Waals surface area (Å²) in [6, 6.07) is 0. The van der Waals surface area contributed by atoms with Crippen LogP contribution in [0.15, 0.2) is 0 Å². The summed E-state index contributed by atoms with van der Waals surface area (Å²) in [5.74, 6) is 0. The fraction of sp³-hybridized carbons (Fsp3) is 1.00. The molecule has 0 radical (unpaired) electrons. The highest BCUT2D eigenvalue weighted by molar-refractivity contribution is 4.53. The van der Waals surface area contributed by atoms with Gasteiger partial charge < -0.3 is 9.47 Å². The molecule has 0 aliphatic rings. The SMILES string of the molecule is CCCCCCCCCCCCCCCCCCCCCCCCCCCCCCCCCCCCCCOCOC. The molecule has 0 amide bonds. The molecule has 0 aliphatic heterocycles. The summed E-state index contributed by atoms with van der Waals surface area (Å²) >= 11 is 0. The molecule has 0 aromatic heterocycles. The van der Waals surface area contributed by atoms with E-state index in [0.717, 1.165) is 6.61 Å². The van der Waals surface area contributed by atoms with Crippen molar-refractivity contribution < 1.29 is 9.47 Å². The Kier molecular flexibility index (Phi) is 40.8. The molecular formula is C40H82O2. The van der Waals surface area contributed by atoms with Crippen LogP contribution in [0.4, 0.5) is 0 Å². The normalized spacial score (nSPS) is 11.6. The number of hydrogen-bond acceptors (Lipinski definition) is 2. The van der Waals surface area contributed by atoms with Crippen molar-refractivity contribution in [1.82, 2.24) is 0 Å². The first-order valence-corrected chi connectivity index (χ1v) is 20.0. The number of rotatable bonds is 39. The van der Waals surface area contributed by atoms with Crippen molar-refractivity contribution >= 4 is 0 Å². The Morgan fingerprint density at radius 1 is 0.262 bits per heavy atom. The lowest BCUT2D eigenvalue weighted by atomic mass is 10.0. The molecular weight excluding hydrogens is 512 g/mol. The topological polar surface area (TPSA) is 18.5 Å². The molecule has 2 heteroatoms. The zero-order valence-electron chi connectivity index (χ0n) is 29.7. The predicted octanol–water partition coefficient (Wildman–Crippen LogP) is 14.7. The Morgan fingerprint density at radius 2 is 0.452 bits per heavy atom. The van der Waals surface area contributed by atoms with Crippen LogP contribution in [0, 0.1) is 0 Å². The van der Waals surface area contributed by atoms with E-state index in [9.17, 15) is 0 Å². The van der Waals surface area contributed by atoms with Gasteiger partial charge in [-0.3, -0.25) is 0 Å². The zero-order valence-corrected chi connectivity index (χ0v) is 29.7. The maximum absolute atomic E-state index is 5.33. The first-order valence-electron chi connectivity index (χ1n) is 20.0. The molecule has 0 aromatic carbocycles. The van der Waals surface area contributed by atoms with Crippen LogP contribution in [0.25, 0.3) is 0 Å². The standard InChI is InChI=1S/C40H82O2/c1-3-4-5-6-7-8-9-10-11-12-13-14-15-16-17-18-19-20-21-22-23-24-25-26-27-28-29-30-31-32-33-34-35-36-37-38-39-42-40-41-2/h3-40H2,1-2H3. The molecule has 0 aliphatic carbocycles. The molecule has 0 N–H and O–H groups in total. The van der Waals surface area contributed by atoms with Crippen molar-refractivity contribution in [3.8, 4) is 0 Å². The summed E-state index contributed by atoms with van der Waals surface area (Å²) in [5, 5.41) is 0. The van der Waals surface area contributed by atoms with E-state index in [2.05, 4.69) is 6.92 Å². The number of ether oxygens (including phenoxy) is 2. The molecule has 0 aromatic rings. The lowest BCUT2D eigenvalue weighted by molar-refractivity contribution is -0.0315. The van der Waals surface area contributed by atoms with Gasteiger partial charge in [-0.05, 0) is 6.42 Å². The molecule has 0 saturated heterocycles. The van der Waals surface area contributed by atoms with Gasteiger partial charge in [0.25, 0.3) is 0 Å². The van der Waals surface area contributed by atoms with Gasteiger partial charge in [-0.1, -0.05) is 232 Å². The molecule has 254 valence electrons. The summed E-state index contributed by atoms with van der Waals surface area (Å²) in [6.45, 7) is 3.61. The van der Waals surface area contributed by atoms with Crippen LogP contribution in [0.2, 0.25) is 0 Å². The third kappa shape index (κ3) is 39.9. The van der Waals surface area contributed by atoms with E-state index in [-0.39, 0.29) is 0 Å². The summed E-state index contributed by atoms with van der Waals surface area (Å²) in [6.07, 6.45) is 52.5. The van der Waals surface area contributed by atoms with E-state index in [0.29, 0.717) is 6.79 Å². The molecule has 0 saturated carbocycles. The highest BCUT2D eigenvalue weighted by atomic mass is 16.7. The Hall–Kier alpha value is -0.0800. The summed E-state index contributed by atoms with van der Waals surface area (Å²) in [7, 11) is 1.69. The van der Waals surface area contributed by atoms with Gasteiger partial charge in [0.1, 0.15) is 6.79 Å².